The SMILES string of the molecule is C[C@@H]1C[C@@H](C)CN(S(=O)(=O)c2ccc(NC(=O)CN[C@@H](C)c3ccco3)cc2)C1. The van der Waals surface area contributed by atoms with E-state index in [1.807, 2.05) is 13.0 Å². The largest absolute Gasteiger partial charge is 0.468 e. The molecule has 8 heteroatoms. The molecule has 1 amide bonds. The number of carbonyl (C=O) groups excluding carboxylic acids is 1. The first kappa shape index (κ1) is 21.5. The van der Waals surface area contributed by atoms with Crippen LogP contribution in [-0.2, 0) is 14.8 Å². The first-order valence-corrected chi connectivity index (χ1v) is 11.4. The molecule has 0 aliphatic carbocycles. The smallest absolute Gasteiger partial charge is 0.243 e. The molecule has 1 aromatic heterocycles. The summed E-state index contributed by atoms with van der Waals surface area (Å²) in [4.78, 5) is 12.4. The molecule has 158 valence electrons. The van der Waals surface area contributed by atoms with Crippen molar-refractivity contribution in [1.29, 1.82) is 0 Å². The lowest BCUT2D eigenvalue weighted by atomic mass is 9.94. The van der Waals surface area contributed by atoms with Gasteiger partial charge in [-0.1, -0.05) is 13.8 Å². The Bertz CT molecular complexity index is 900. The van der Waals surface area contributed by atoms with Crippen LogP contribution in [0.1, 0.15) is 39.0 Å². The van der Waals surface area contributed by atoms with E-state index in [0.717, 1.165) is 12.2 Å². The number of hydrogen-bond donors (Lipinski definition) is 2. The molecule has 2 aromatic rings. The van der Waals surface area contributed by atoms with Crippen LogP contribution in [0.25, 0.3) is 0 Å². The van der Waals surface area contributed by atoms with Crippen molar-refractivity contribution in [3.8, 4) is 0 Å². The van der Waals surface area contributed by atoms with Crippen LogP contribution in [0, 0.1) is 11.8 Å². The van der Waals surface area contributed by atoms with Gasteiger partial charge in [0.2, 0.25) is 15.9 Å². The number of anilines is 1. The van der Waals surface area contributed by atoms with Gasteiger partial charge in [0.05, 0.1) is 23.7 Å². The Morgan fingerprint density at radius 3 is 2.41 bits per heavy atom. The maximum atomic E-state index is 12.9. The van der Waals surface area contributed by atoms with E-state index in [1.165, 1.54) is 0 Å². The van der Waals surface area contributed by atoms with E-state index in [4.69, 9.17) is 4.42 Å². The van der Waals surface area contributed by atoms with E-state index in [-0.39, 0.29) is 23.4 Å². The van der Waals surface area contributed by atoms with Crippen LogP contribution in [0.15, 0.2) is 52.0 Å². The van der Waals surface area contributed by atoms with Crippen LogP contribution in [0.4, 0.5) is 5.69 Å². The Kier molecular flexibility index (Phi) is 6.77. The first-order valence-electron chi connectivity index (χ1n) is 9.92. The van der Waals surface area contributed by atoms with Crippen molar-refractivity contribution in [1.82, 2.24) is 9.62 Å². The average Bonchev–Trinajstić information content (AvgIpc) is 3.21. The molecule has 1 aliphatic rings. The van der Waals surface area contributed by atoms with E-state index in [9.17, 15) is 13.2 Å². The summed E-state index contributed by atoms with van der Waals surface area (Å²) in [6.07, 6.45) is 2.64. The number of carbonyl (C=O) groups is 1. The van der Waals surface area contributed by atoms with Crippen molar-refractivity contribution in [3.63, 3.8) is 0 Å². The topological polar surface area (TPSA) is 91.7 Å². The highest BCUT2D eigenvalue weighted by atomic mass is 32.2. The van der Waals surface area contributed by atoms with Crippen LogP contribution in [0.3, 0.4) is 0 Å². The molecule has 3 rings (SSSR count). The second-order valence-corrected chi connectivity index (χ2v) is 9.90. The van der Waals surface area contributed by atoms with E-state index in [0.29, 0.717) is 30.6 Å². The highest BCUT2D eigenvalue weighted by molar-refractivity contribution is 7.89. The summed E-state index contributed by atoms with van der Waals surface area (Å²) in [6, 6.07) is 9.90. The van der Waals surface area contributed by atoms with E-state index >= 15 is 0 Å². The van der Waals surface area contributed by atoms with Gasteiger partial charge in [-0.05, 0) is 61.6 Å². The zero-order chi connectivity index (χ0) is 21.0. The number of nitrogens with one attached hydrogen (secondary N) is 2. The summed E-state index contributed by atoms with van der Waals surface area (Å²) in [5.41, 5.74) is 0.557. The van der Waals surface area contributed by atoms with Gasteiger partial charge in [-0.2, -0.15) is 4.31 Å². The number of benzene rings is 1. The molecule has 0 unspecified atom stereocenters. The molecule has 0 spiro atoms. The van der Waals surface area contributed by atoms with Gasteiger partial charge in [0.1, 0.15) is 5.76 Å². The van der Waals surface area contributed by atoms with Gasteiger partial charge in [-0.15, -0.1) is 0 Å². The third kappa shape index (κ3) is 5.46. The summed E-state index contributed by atoms with van der Waals surface area (Å²) >= 11 is 0. The van der Waals surface area contributed by atoms with Crippen LogP contribution in [0.2, 0.25) is 0 Å². The van der Waals surface area contributed by atoms with Crippen molar-refractivity contribution in [2.75, 3.05) is 25.0 Å². The number of nitrogens with zero attached hydrogens (tertiary/aromatic N) is 1. The highest BCUT2D eigenvalue weighted by Crippen LogP contribution is 2.27. The fourth-order valence-corrected chi connectivity index (χ4v) is 5.43. The second kappa shape index (κ2) is 9.11. The Labute approximate surface area is 172 Å². The van der Waals surface area contributed by atoms with Crippen molar-refractivity contribution < 1.29 is 17.6 Å². The molecule has 1 aliphatic heterocycles. The summed E-state index contributed by atoms with van der Waals surface area (Å²) in [5.74, 6) is 1.25. The van der Waals surface area contributed by atoms with E-state index < -0.39 is 10.0 Å². The molecule has 1 aromatic carbocycles. The normalized spacial score (nSPS) is 21.6. The minimum Gasteiger partial charge on any atom is -0.468 e. The molecule has 0 saturated carbocycles. The Morgan fingerprint density at radius 2 is 1.83 bits per heavy atom. The molecule has 29 heavy (non-hydrogen) atoms. The van der Waals surface area contributed by atoms with Gasteiger partial charge in [-0.25, -0.2) is 8.42 Å². The quantitative estimate of drug-likeness (QED) is 0.719. The van der Waals surface area contributed by atoms with Gasteiger partial charge in [0.25, 0.3) is 0 Å². The van der Waals surface area contributed by atoms with Crippen molar-refractivity contribution >= 4 is 21.6 Å². The number of furan rings is 1. The zero-order valence-corrected chi connectivity index (χ0v) is 17.9. The van der Waals surface area contributed by atoms with Gasteiger partial charge in [0.15, 0.2) is 0 Å². The first-order chi connectivity index (χ1) is 13.8. The molecular weight excluding hydrogens is 390 g/mol. The van der Waals surface area contributed by atoms with Crippen LogP contribution in [0.5, 0.6) is 0 Å². The molecule has 2 heterocycles. The molecule has 7 nitrogen and oxygen atoms in total. The van der Waals surface area contributed by atoms with Crippen LogP contribution in [-0.4, -0.2) is 38.3 Å². The zero-order valence-electron chi connectivity index (χ0n) is 17.1. The minimum atomic E-state index is -3.52. The average molecular weight is 420 g/mol. The summed E-state index contributed by atoms with van der Waals surface area (Å²) in [5, 5.41) is 5.86. The number of hydrogen-bond acceptors (Lipinski definition) is 5. The standard InChI is InChI=1S/C21H29N3O4S/c1-15-11-16(2)14-24(13-15)29(26,27)19-8-6-18(7-9-19)23-21(25)12-22-17(3)20-5-4-10-28-20/h4-10,15-17,22H,11-14H2,1-3H3,(H,23,25)/t15-,16-,17+/m1/s1. The molecule has 3 atom stereocenters. The van der Waals surface area contributed by atoms with E-state index in [2.05, 4.69) is 24.5 Å². The summed E-state index contributed by atoms with van der Waals surface area (Å²) in [6.45, 7) is 7.28. The molecule has 1 saturated heterocycles. The number of piperidine rings is 1. The van der Waals surface area contributed by atoms with Gasteiger partial charge >= 0.3 is 0 Å². The van der Waals surface area contributed by atoms with Crippen molar-refractivity contribution in [3.05, 3.63) is 48.4 Å². The second-order valence-electron chi connectivity index (χ2n) is 7.96. The van der Waals surface area contributed by atoms with Gasteiger partial charge in [0, 0.05) is 18.8 Å². The Morgan fingerprint density at radius 1 is 1.17 bits per heavy atom. The predicted molar refractivity (Wildman–Crippen MR) is 112 cm³/mol. The number of sulfonamides is 1. The van der Waals surface area contributed by atoms with Crippen molar-refractivity contribution in [2.45, 2.75) is 38.1 Å². The Hall–Kier alpha value is -2.16. The van der Waals surface area contributed by atoms with Gasteiger partial charge < -0.3 is 9.73 Å². The number of amides is 1. The summed E-state index contributed by atoms with van der Waals surface area (Å²) < 4.78 is 32.7. The summed E-state index contributed by atoms with van der Waals surface area (Å²) in [7, 11) is -3.52. The lowest BCUT2D eigenvalue weighted by Gasteiger charge is -2.34. The van der Waals surface area contributed by atoms with Crippen molar-refractivity contribution in [2.24, 2.45) is 11.8 Å². The fourth-order valence-electron chi connectivity index (χ4n) is 3.75. The monoisotopic (exact) mass is 419 g/mol. The molecular formula is C21H29N3O4S. The third-order valence-electron chi connectivity index (χ3n) is 5.15. The highest BCUT2D eigenvalue weighted by Gasteiger charge is 2.31. The van der Waals surface area contributed by atoms with Crippen LogP contribution >= 0.6 is 0 Å². The molecule has 1 fully saturated rings. The molecule has 0 radical (unpaired) electrons. The van der Waals surface area contributed by atoms with Gasteiger partial charge in [-0.3, -0.25) is 10.1 Å². The predicted octanol–water partition coefficient (Wildman–Crippen LogP) is 3.24. The van der Waals surface area contributed by atoms with E-state index in [1.54, 1.807) is 40.9 Å². The van der Waals surface area contributed by atoms with Crippen LogP contribution < -0.4 is 10.6 Å². The maximum Gasteiger partial charge on any atom is 0.243 e. The molecule has 2 N–H and O–H groups in total. The Balaban J connectivity index is 1.57. The third-order valence-corrected chi connectivity index (χ3v) is 7.00. The maximum absolute atomic E-state index is 12.9. The molecule has 0 bridgehead atoms. The fraction of sp³-hybridized carbons (Fsp3) is 0.476. The number of rotatable bonds is 7. The minimum absolute atomic E-state index is 0.0856. The lowest BCUT2D eigenvalue weighted by Crippen LogP contribution is -2.42. The lowest BCUT2D eigenvalue weighted by molar-refractivity contribution is -0.115.